The summed E-state index contributed by atoms with van der Waals surface area (Å²) >= 11 is 0. The zero-order chi connectivity index (χ0) is 18.9. The summed E-state index contributed by atoms with van der Waals surface area (Å²) in [7, 11) is -3.79. The van der Waals surface area contributed by atoms with Gasteiger partial charge in [0.15, 0.2) is 0 Å². The molecule has 0 saturated carbocycles. The van der Waals surface area contributed by atoms with Gasteiger partial charge in [-0.05, 0) is 49.6 Å². The van der Waals surface area contributed by atoms with Gasteiger partial charge in [-0.2, -0.15) is 0 Å². The molecule has 0 bridgehead atoms. The van der Waals surface area contributed by atoms with Crippen molar-refractivity contribution in [3.05, 3.63) is 59.4 Å². The number of aryl methyl sites for hydroxylation is 1. The van der Waals surface area contributed by atoms with E-state index in [1.54, 1.807) is 6.92 Å². The van der Waals surface area contributed by atoms with E-state index >= 15 is 0 Å². The second-order valence-corrected chi connectivity index (χ2v) is 8.50. The Morgan fingerprint density at radius 2 is 1.88 bits per heavy atom. The van der Waals surface area contributed by atoms with Gasteiger partial charge in [0.05, 0.1) is 10.9 Å². The number of sulfonamides is 1. The minimum Gasteiger partial charge on any atom is -0.487 e. The van der Waals surface area contributed by atoms with Crippen molar-refractivity contribution < 1.29 is 17.5 Å². The minimum atomic E-state index is -3.79. The van der Waals surface area contributed by atoms with Crippen LogP contribution in [-0.2, 0) is 10.0 Å². The molecule has 1 aliphatic heterocycles. The summed E-state index contributed by atoms with van der Waals surface area (Å²) in [6.45, 7) is 5.69. The Morgan fingerprint density at radius 3 is 2.54 bits per heavy atom. The first-order valence-corrected chi connectivity index (χ1v) is 10.3. The Morgan fingerprint density at radius 1 is 1.19 bits per heavy atom. The van der Waals surface area contributed by atoms with Crippen LogP contribution in [0.1, 0.15) is 50.3 Å². The third-order valence-electron chi connectivity index (χ3n) is 5.21. The van der Waals surface area contributed by atoms with Gasteiger partial charge in [0, 0.05) is 12.0 Å². The zero-order valence-electron chi connectivity index (χ0n) is 15.3. The number of hydrogen-bond acceptors (Lipinski definition) is 3. The van der Waals surface area contributed by atoms with Gasteiger partial charge in [-0.3, -0.25) is 0 Å². The van der Waals surface area contributed by atoms with Crippen LogP contribution in [0.15, 0.2) is 47.4 Å². The molecule has 0 aromatic heterocycles. The summed E-state index contributed by atoms with van der Waals surface area (Å²) in [6.07, 6.45) is 2.12. The van der Waals surface area contributed by atoms with Crippen LogP contribution in [0, 0.1) is 12.7 Å². The van der Waals surface area contributed by atoms with Gasteiger partial charge in [-0.25, -0.2) is 17.5 Å². The molecule has 2 aromatic rings. The van der Waals surface area contributed by atoms with Gasteiger partial charge in [-0.15, -0.1) is 0 Å². The van der Waals surface area contributed by atoms with Crippen LogP contribution >= 0.6 is 0 Å². The van der Waals surface area contributed by atoms with Crippen molar-refractivity contribution in [2.45, 2.75) is 56.6 Å². The summed E-state index contributed by atoms with van der Waals surface area (Å²) in [4.78, 5) is 0.0986. The molecular formula is C20H24FNO3S. The molecule has 1 unspecified atom stereocenters. The van der Waals surface area contributed by atoms with E-state index in [1.165, 1.54) is 18.2 Å². The Bertz CT molecular complexity index is 907. The number of halogens is 1. The maximum Gasteiger partial charge on any atom is 0.241 e. The van der Waals surface area contributed by atoms with Crippen LogP contribution in [0.4, 0.5) is 4.39 Å². The topological polar surface area (TPSA) is 55.4 Å². The molecule has 0 aliphatic carbocycles. The first kappa shape index (κ1) is 18.9. The Labute approximate surface area is 154 Å². The van der Waals surface area contributed by atoms with E-state index in [0.29, 0.717) is 17.7 Å². The molecule has 2 aromatic carbocycles. The van der Waals surface area contributed by atoms with Crippen LogP contribution in [0.2, 0.25) is 0 Å². The molecule has 6 heteroatoms. The molecule has 3 rings (SSSR count). The molecule has 4 nitrogen and oxygen atoms in total. The molecule has 26 heavy (non-hydrogen) atoms. The smallest absolute Gasteiger partial charge is 0.241 e. The lowest BCUT2D eigenvalue weighted by atomic mass is 9.84. The lowest BCUT2D eigenvalue weighted by molar-refractivity contribution is 0.0260. The van der Waals surface area contributed by atoms with Gasteiger partial charge in [0.25, 0.3) is 0 Å². The maximum atomic E-state index is 13.4. The number of rotatable bonds is 5. The van der Waals surface area contributed by atoms with Crippen molar-refractivity contribution in [3.63, 3.8) is 0 Å². The fourth-order valence-electron chi connectivity index (χ4n) is 3.57. The van der Waals surface area contributed by atoms with E-state index in [2.05, 4.69) is 4.72 Å². The number of benzene rings is 2. The van der Waals surface area contributed by atoms with Crippen LogP contribution in [0.25, 0.3) is 0 Å². The number of fused-ring (bicyclic) bond motifs is 1. The van der Waals surface area contributed by atoms with E-state index in [-0.39, 0.29) is 4.90 Å². The molecule has 1 atom stereocenters. The quantitative estimate of drug-likeness (QED) is 0.835. The number of nitrogens with one attached hydrogen (secondary N) is 1. The second kappa shape index (κ2) is 7.00. The van der Waals surface area contributed by atoms with Crippen molar-refractivity contribution >= 4 is 10.0 Å². The van der Waals surface area contributed by atoms with Crippen molar-refractivity contribution in [2.24, 2.45) is 0 Å². The average Bonchev–Trinajstić information content (AvgIpc) is 2.60. The molecular weight excluding hydrogens is 353 g/mol. The molecule has 0 saturated heterocycles. The highest BCUT2D eigenvalue weighted by molar-refractivity contribution is 7.89. The van der Waals surface area contributed by atoms with Crippen LogP contribution in [0.3, 0.4) is 0 Å². The predicted molar refractivity (Wildman–Crippen MR) is 99.2 cm³/mol. The molecule has 0 fully saturated rings. The van der Waals surface area contributed by atoms with Crippen LogP contribution in [0.5, 0.6) is 5.75 Å². The third-order valence-corrected chi connectivity index (χ3v) is 6.84. The fourth-order valence-corrected chi connectivity index (χ4v) is 5.01. The van der Waals surface area contributed by atoms with Crippen molar-refractivity contribution in [3.8, 4) is 5.75 Å². The van der Waals surface area contributed by atoms with Gasteiger partial charge in [-0.1, -0.05) is 32.0 Å². The number of para-hydroxylation sites is 1. The van der Waals surface area contributed by atoms with Gasteiger partial charge in [0.2, 0.25) is 10.0 Å². The predicted octanol–water partition coefficient (Wildman–Crippen LogP) is 4.50. The zero-order valence-corrected chi connectivity index (χ0v) is 16.1. The van der Waals surface area contributed by atoms with E-state index in [0.717, 1.165) is 18.4 Å². The second-order valence-electron chi connectivity index (χ2n) is 6.82. The Balaban J connectivity index is 2.00. The average molecular weight is 377 g/mol. The van der Waals surface area contributed by atoms with E-state index in [9.17, 15) is 12.8 Å². The van der Waals surface area contributed by atoms with Gasteiger partial charge >= 0.3 is 0 Å². The molecule has 0 amide bonds. The number of hydrogen-bond donors (Lipinski definition) is 1. The lowest BCUT2D eigenvalue weighted by Gasteiger charge is -2.41. The monoisotopic (exact) mass is 377 g/mol. The van der Waals surface area contributed by atoms with Crippen molar-refractivity contribution in [2.75, 3.05) is 0 Å². The summed E-state index contributed by atoms with van der Waals surface area (Å²) in [5.41, 5.74) is 0.808. The van der Waals surface area contributed by atoms with E-state index < -0.39 is 27.5 Å². The molecule has 1 aliphatic rings. The lowest BCUT2D eigenvalue weighted by Crippen LogP contribution is -2.44. The fraction of sp³-hybridized carbons (Fsp3) is 0.400. The highest BCUT2D eigenvalue weighted by Crippen LogP contribution is 2.43. The maximum absolute atomic E-state index is 13.4. The molecule has 1 N–H and O–H groups in total. The standard InChI is InChI=1S/C20H24FNO3S/c1-4-20(5-2)13-17(16-8-6-7-9-18(16)25-20)22-26(23,24)19-11-10-15(21)12-14(19)3/h6-12,17,22H,4-5,13H2,1-3H3. The first-order valence-electron chi connectivity index (χ1n) is 8.86. The minimum absolute atomic E-state index is 0.0986. The molecule has 0 radical (unpaired) electrons. The Kier molecular flexibility index (Phi) is 5.08. The molecule has 0 spiro atoms. The highest BCUT2D eigenvalue weighted by atomic mass is 32.2. The first-order chi connectivity index (χ1) is 12.3. The van der Waals surface area contributed by atoms with E-state index in [1.807, 2.05) is 38.1 Å². The van der Waals surface area contributed by atoms with Crippen molar-refractivity contribution in [1.29, 1.82) is 0 Å². The normalized spacial score (nSPS) is 18.8. The van der Waals surface area contributed by atoms with Crippen LogP contribution in [-0.4, -0.2) is 14.0 Å². The summed E-state index contributed by atoms with van der Waals surface area (Å²) in [6, 6.07) is 10.8. The van der Waals surface area contributed by atoms with Crippen molar-refractivity contribution in [1.82, 2.24) is 4.72 Å². The summed E-state index contributed by atoms with van der Waals surface area (Å²) in [5, 5.41) is 0. The SMILES string of the molecule is CCC1(CC)CC(NS(=O)(=O)c2ccc(F)cc2C)c2ccccc2O1. The Hall–Kier alpha value is -1.92. The highest BCUT2D eigenvalue weighted by Gasteiger charge is 2.40. The van der Waals surface area contributed by atoms with Gasteiger partial charge < -0.3 is 4.74 Å². The van der Waals surface area contributed by atoms with E-state index in [4.69, 9.17) is 4.74 Å². The third kappa shape index (κ3) is 3.48. The number of ether oxygens (including phenoxy) is 1. The van der Waals surface area contributed by atoms with Crippen LogP contribution < -0.4 is 9.46 Å². The largest absolute Gasteiger partial charge is 0.487 e. The molecule has 140 valence electrons. The summed E-state index contributed by atoms with van der Waals surface area (Å²) in [5.74, 6) is 0.264. The summed E-state index contributed by atoms with van der Waals surface area (Å²) < 4.78 is 48.3. The van der Waals surface area contributed by atoms with Gasteiger partial charge in [0.1, 0.15) is 17.2 Å². The molecule has 1 heterocycles.